The second-order valence-electron chi connectivity index (χ2n) is 5.13. The van der Waals surface area contributed by atoms with Crippen molar-refractivity contribution in [2.24, 2.45) is 0 Å². The van der Waals surface area contributed by atoms with Crippen LogP contribution in [0.4, 0.5) is 0 Å². The highest BCUT2D eigenvalue weighted by atomic mass is 16.1. The van der Waals surface area contributed by atoms with E-state index in [9.17, 15) is 4.79 Å². The minimum atomic E-state index is -0.0496. The largest absolute Gasteiger partial charge is 0.348 e. The van der Waals surface area contributed by atoms with E-state index in [-0.39, 0.29) is 11.9 Å². The van der Waals surface area contributed by atoms with Gasteiger partial charge in [-0.1, -0.05) is 36.4 Å². The summed E-state index contributed by atoms with van der Waals surface area (Å²) in [4.78, 5) is 12.5. The second-order valence-corrected chi connectivity index (χ2v) is 5.13. The Morgan fingerprint density at radius 1 is 1.19 bits per heavy atom. The first-order chi connectivity index (χ1) is 10.2. The van der Waals surface area contributed by atoms with Crippen molar-refractivity contribution in [3.63, 3.8) is 0 Å². The van der Waals surface area contributed by atoms with Crippen LogP contribution in [0.3, 0.4) is 0 Å². The van der Waals surface area contributed by atoms with Crippen molar-refractivity contribution in [2.75, 3.05) is 0 Å². The van der Waals surface area contributed by atoms with Crippen LogP contribution in [0.1, 0.15) is 17.3 Å². The molecule has 1 amide bonds. The van der Waals surface area contributed by atoms with E-state index in [0.717, 1.165) is 10.8 Å². The van der Waals surface area contributed by atoms with Crippen LogP contribution in [0.2, 0.25) is 0 Å². The van der Waals surface area contributed by atoms with Crippen molar-refractivity contribution in [2.45, 2.75) is 19.5 Å². The predicted octanol–water partition coefficient (Wildman–Crippen LogP) is 2.85. The molecule has 0 saturated heterocycles. The molecule has 3 rings (SSSR count). The summed E-state index contributed by atoms with van der Waals surface area (Å²) in [7, 11) is 0. The summed E-state index contributed by atoms with van der Waals surface area (Å²) in [5.74, 6) is -0.0496. The standard InChI is InChI=1S/C17H17N3O/c1-13(12-20-11-5-10-18-20)19-17(21)16-9-4-7-14-6-2-3-8-15(14)16/h2-11,13H,12H2,1H3,(H,19,21)/t13-/m1/s1. The van der Waals surface area contributed by atoms with Gasteiger partial charge in [0.25, 0.3) is 5.91 Å². The van der Waals surface area contributed by atoms with Gasteiger partial charge in [-0.3, -0.25) is 9.48 Å². The van der Waals surface area contributed by atoms with E-state index in [1.807, 2.05) is 66.3 Å². The van der Waals surface area contributed by atoms with Crippen LogP contribution in [0, 0.1) is 0 Å². The molecule has 0 fully saturated rings. The Morgan fingerprint density at radius 3 is 2.81 bits per heavy atom. The third kappa shape index (κ3) is 2.94. The number of fused-ring (bicyclic) bond motifs is 1. The SMILES string of the molecule is C[C@H](Cn1cccn1)NC(=O)c1cccc2ccccc12. The molecule has 0 spiro atoms. The fourth-order valence-corrected chi connectivity index (χ4v) is 2.46. The molecule has 2 aromatic carbocycles. The van der Waals surface area contributed by atoms with Gasteiger partial charge in [0.15, 0.2) is 0 Å². The lowest BCUT2D eigenvalue weighted by Crippen LogP contribution is -2.35. The van der Waals surface area contributed by atoms with Crippen LogP contribution < -0.4 is 5.32 Å². The number of nitrogens with one attached hydrogen (secondary N) is 1. The average molecular weight is 279 g/mol. The van der Waals surface area contributed by atoms with Crippen molar-refractivity contribution in [3.05, 3.63) is 66.5 Å². The first-order valence-electron chi connectivity index (χ1n) is 7.00. The van der Waals surface area contributed by atoms with Crippen molar-refractivity contribution < 1.29 is 4.79 Å². The monoisotopic (exact) mass is 279 g/mol. The van der Waals surface area contributed by atoms with Crippen molar-refractivity contribution in [1.29, 1.82) is 0 Å². The van der Waals surface area contributed by atoms with Crippen molar-refractivity contribution in [1.82, 2.24) is 15.1 Å². The van der Waals surface area contributed by atoms with Crippen LogP contribution in [-0.4, -0.2) is 21.7 Å². The van der Waals surface area contributed by atoms with Gasteiger partial charge in [-0.2, -0.15) is 5.10 Å². The summed E-state index contributed by atoms with van der Waals surface area (Å²) >= 11 is 0. The Morgan fingerprint density at radius 2 is 2.00 bits per heavy atom. The second kappa shape index (κ2) is 5.79. The average Bonchev–Trinajstić information content (AvgIpc) is 2.99. The maximum atomic E-state index is 12.5. The summed E-state index contributed by atoms with van der Waals surface area (Å²) in [6.45, 7) is 2.63. The number of amides is 1. The lowest BCUT2D eigenvalue weighted by Gasteiger charge is -2.15. The summed E-state index contributed by atoms with van der Waals surface area (Å²) in [6, 6.07) is 15.6. The molecule has 0 aliphatic carbocycles. The fourth-order valence-electron chi connectivity index (χ4n) is 2.46. The van der Waals surface area contributed by atoms with Gasteiger partial charge in [-0.05, 0) is 29.8 Å². The number of rotatable bonds is 4. The number of carbonyl (C=O) groups is 1. The Kier molecular flexibility index (Phi) is 3.69. The van der Waals surface area contributed by atoms with Gasteiger partial charge in [0.05, 0.1) is 6.54 Å². The molecular formula is C17H17N3O. The molecule has 4 nitrogen and oxygen atoms in total. The molecule has 106 valence electrons. The van der Waals surface area contributed by atoms with E-state index in [4.69, 9.17) is 0 Å². The zero-order chi connectivity index (χ0) is 14.7. The normalized spacial score (nSPS) is 12.2. The first-order valence-corrected chi connectivity index (χ1v) is 7.00. The molecule has 1 aromatic heterocycles. The Labute approximate surface area is 123 Å². The third-order valence-corrected chi connectivity index (χ3v) is 3.43. The van der Waals surface area contributed by atoms with Crippen LogP contribution in [0.15, 0.2) is 60.9 Å². The number of hydrogen-bond acceptors (Lipinski definition) is 2. The van der Waals surface area contributed by atoms with E-state index in [1.54, 1.807) is 6.20 Å². The van der Waals surface area contributed by atoms with Gasteiger partial charge in [-0.25, -0.2) is 0 Å². The molecule has 21 heavy (non-hydrogen) atoms. The smallest absolute Gasteiger partial charge is 0.252 e. The fraction of sp³-hybridized carbons (Fsp3) is 0.176. The maximum absolute atomic E-state index is 12.5. The highest BCUT2D eigenvalue weighted by Gasteiger charge is 2.12. The van der Waals surface area contributed by atoms with Gasteiger partial charge < -0.3 is 5.32 Å². The molecule has 4 heteroatoms. The molecular weight excluding hydrogens is 262 g/mol. The zero-order valence-corrected chi connectivity index (χ0v) is 11.9. The molecule has 0 radical (unpaired) electrons. The Bertz CT molecular complexity index is 744. The number of benzene rings is 2. The summed E-state index contributed by atoms with van der Waals surface area (Å²) in [6.07, 6.45) is 3.62. The van der Waals surface area contributed by atoms with Crippen molar-refractivity contribution in [3.8, 4) is 0 Å². The lowest BCUT2D eigenvalue weighted by molar-refractivity contribution is 0.0937. The molecule has 0 saturated carbocycles. The minimum Gasteiger partial charge on any atom is -0.348 e. The van der Waals surface area contributed by atoms with E-state index in [1.165, 1.54) is 0 Å². The zero-order valence-electron chi connectivity index (χ0n) is 11.9. The Hall–Kier alpha value is -2.62. The number of hydrogen-bond donors (Lipinski definition) is 1. The summed E-state index contributed by atoms with van der Waals surface area (Å²) in [5, 5.41) is 9.23. The number of aromatic nitrogens is 2. The Balaban J connectivity index is 1.78. The van der Waals surface area contributed by atoms with Gasteiger partial charge >= 0.3 is 0 Å². The maximum Gasteiger partial charge on any atom is 0.252 e. The predicted molar refractivity (Wildman–Crippen MR) is 83.1 cm³/mol. The van der Waals surface area contributed by atoms with Gasteiger partial charge in [0, 0.05) is 24.0 Å². The summed E-state index contributed by atoms with van der Waals surface area (Å²) in [5.41, 5.74) is 0.709. The van der Waals surface area contributed by atoms with Gasteiger partial charge in [-0.15, -0.1) is 0 Å². The third-order valence-electron chi connectivity index (χ3n) is 3.43. The molecule has 0 bridgehead atoms. The number of carbonyl (C=O) groups excluding carboxylic acids is 1. The molecule has 3 aromatic rings. The minimum absolute atomic E-state index is 0.0105. The topological polar surface area (TPSA) is 46.9 Å². The van der Waals surface area contributed by atoms with Crippen LogP contribution in [-0.2, 0) is 6.54 Å². The first kappa shape index (κ1) is 13.4. The van der Waals surface area contributed by atoms with E-state index in [0.29, 0.717) is 12.1 Å². The highest BCUT2D eigenvalue weighted by molar-refractivity contribution is 6.07. The van der Waals surface area contributed by atoms with E-state index >= 15 is 0 Å². The van der Waals surface area contributed by atoms with Gasteiger partial charge in [0.1, 0.15) is 0 Å². The number of nitrogens with zero attached hydrogens (tertiary/aromatic N) is 2. The van der Waals surface area contributed by atoms with Crippen molar-refractivity contribution >= 4 is 16.7 Å². The molecule has 1 N–H and O–H groups in total. The van der Waals surface area contributed by atoms with Gasteiger partial charge in [0.2, 0.25) is 0 Å². The van der Waals surface area contributed by atoms with Crippen LogP contribution in [0.5, 0.6) is 0 Å². The van der Waals surface area contributed by atoms with E-state index in [2.05, 4.69) is 10.4 Å². The quantitative estimate of drug-likeness (QED) is 0.798. The molecule has 1 heterocycles. The molecule has 0 unspecified atom stereocenters. The molecule has 0 aliphatic rings. The van der Waals surface area contributed by atoms with Crippen LogP contribution in [0.25, 0.3) is 10.8 Å². The van der Waals surface area contributed by atoms with E-state index < -0.39 is 0 Å². The highest BCUT2D eigenvalue weighted by Crippen LogP contribution is 2.18. The molecule has 0 aliphatic heterocycles. The summed E-state index contributed by atoms with van der Waals surface area (Å²) < 4.78 is 1.81. The lowest BCUT2D eigenvalue weighted by atomic mass is 10.0. The molecule has 1 atom stereocenters. The van der Waals surface area contributed by atoms with Crippen LogP contribution >= 0.6 is 0 Å².